The Morgan fingerprint density at radius 3 is 2.42 bits per heavy atom. The van der Waals surface area contributed by atoms with Crippen molar-refractivity contribution in [2.75, 3.05) is 13.2 Å². The van der Waals surface area contributed by atoms with Crippen LogP contribution in [0.25, 0.3) is 0 Å². The maximum atomic E-state index is 12.4. The van der Waals surface area contributed by atoms with Gasteiger partial charge in [0.2, 0.25) is 0 Å². The van der Waals surface area contributed by atoms with E-state index in [4.69, 9.17) is 0 Å². The number of carbonyl (C=O) groups is 1. The number of aliphatic hydroxyl groups is 1. The van der Waals surface area contributed by atoms with Crippen LogP contribution in [0.15, 0.2) is 48.5 Å². The van der Waals surface area contributed by atoms with Crippen LogP contribution in [0.4, 0.5) is 0 Å². The van der Waals surface area contributed by atoms with Gasteiger partial charge >= 0.3 is 0 Å². The van der Waals surface area contributed by atoms with E-state index < -0.39 is 0 Å². The maximum Gasteiger partial charge on any atom is 0.251 e. The van der Waals surface area contributed by atoms with Crippen LogP contribution in [0, 0.1) is 12.3 Å². The molecule has 0 aliphatic carbocycles. The number of phenols is 1. The van der Waals surface area contributed by atoms with Crippen molar-refractivity contribution >= 4 is 5.91 Å². The SMILES string of the molecule is Cc1cc(O)cc(C(=O)NCC(c2ccccc2)C(C)(C)CO)c1. The number of aryl methyl sites for hydroxylation is 1. The summed E-state index contributed by atoms with van der Waals surface area (Å²) in [5.74, 6) is -0.176. The second-order valence-corrected chi connectivity index (χ2v) is 6.88. The lowest BCUT2D eigenvalue weighted by Crippen LogP contribution is -2.36. The Morgan fingerprint density at radius 1 is 1.17 bits per heavy atom. The maximum absolute atomic E-state index is 12.4. The minimum atomic E-state index is -0.372. The Hall–Kier alpha value is -2.33. The molecule has 0 saturated heterocycles. The Balaban J connectivity index is 2.17. The molecule has 4 heteroatoms. The summed E-state index contributed by atoms with van der Waals surface area (Å²) in [6.07, 6.45) is 0. The number of carbonyl (C=O) groups excluding carboxylic acids is 1. The molecule has 1 unspecified atom stereocenters. The van der Waals surface area contributed by atoms with Gasteiger partial charge in [0.25, 0.3) is 5.91 Å². The predicted molar refractivity (Wildman–Crippen MR) is 95.2 cm³/mol. The summed E-state index contributed by atoms with van der Waals surface area (Å²) in [7, 11) is 0. The van der Waals surface area contributed by atoms with Crippen LogP contribution in [0.5, 0.6) is 5.75 Å². The molecule has 0 aromatic heterocycles. The summed E-state index contributed by atoms with van der Waals surface area (Å²) >= 11 is 0. The minimum absolute atomic E-state index is 0.0215. The number of hydrogen-bond acceptors (Lipinski definition) is 3. The summed E-state index contributed by atoms with van der Waals surface area (Å²) < 4.78 is 0. The molecule has 0 spiro atoms. The van der Waals surface area contributed by atoms with Gasteiger partial charge in [-0.05, 0) is 41.7 Å². The third-order valence-corrected chi connectivity index (χ3v) is 4.34. The van der Waals surface area contributed by atoms with Crippen molar-refractivity contribution in [3.8, 4) is 5.75 Å². The molecule has 1 amide bonds. The van der Waals surface area contributed by atoms with Crippen molar-refractivity contribution in [1.82, 2.24) is 5.32 Å². The van der Waals surface area contributed by atoms with E-state index in [0.717, 1.165) is 11.1 Å². The second kappa shape index (κ2) is 7.49. The topological polar surface area (TPSA) is 69.6 Å². The second-order valence-electron chi connectivity index (χ2n) is 6.88. The monoisotopic (exact) mass is 327 g/mol. The lowest BCUT2D eigenvalue weighted by Gasteiger charge is -2.33. The molecule has 4 nitrogen and oxygen atoms in total. The van der Waals surface area contributed by atoms with Crippen LogP contribution in [-0.2, 0) is 0 Å². The van der Waals surface area contributed by atoms with Crippen LogP contribution < -0.4 is 5.32 Å². The first-order chi connectivity index (χ1) is 11.3. The predicted octanol–water partition coefficient (Wildman–Crippen LogP) is 3.23. The third kappa shape index (κ3) is 4.36. The standard InChI is InChI=1S/C20H25NO3/c1-14-9-16(11-17(23)10-14)19(24)21-12-18(20(2,3)13-22)15-7-5-4-6-8-15/h4-11,18,22-23H,12-13H2,1-3H3,(H,21,24). The van der Waals surface area contributed by atoms with Gasteiger partial charge < -0.3 is 15.5 Å². The summed E-state index contributed by atoms with van der Waals surface area (Å²) in [6, 6.07) is 14.7. The highest BCUT2D eigenvalue weighted by atomic mass is 16.3. The number of phenolic OH excluding ortho intramolecular Hbond substituents is 1. The van der Waals surface area contributed by atoms with Gasteiger partial charge in [0.1, 0.15) is 5.75 Å². The number of benzene rings is 2. The normalized spacial score (nSPS) is 12.7. The quantitative estimate of drug-likeness (QED) is 0.763. The van der Waals surface area contributed by atoms with Gasteiger partial charge in [-0.1, -0.05) is 44.2 Å². The number of hydrogen-bond donors (Lipinski definition) is 3. The molecule has 3 N–H and O–H groups in total. The average Bonchev–Trinajstić information content (AvgIpc) is 2.54. The molecule has 24 heavy (non-hydrogen) atoms. The van der Waals surface area contributed by atoms with Gasteiger partial charge in [0.05, 0.1) is 0 Å². The van der Waals surface area contributed by atoms with Crippen LogP contribution in [-0.4, -0.2) is 29.3 Å². The minimum Gasteiger partial charge on any atom is -0.508 e. The molecule has 0 saturated carbocycles. The van der Waals surface area contributed by atoms with Gasteiger partial charge in [-0.2, -0.15) is 0 Å². The smallest absolute Gasteiger partial charge is 0.251 e. The summed E-state index contributed by atoms with van der Waals surface area (Å²) in [5, 5.41) is 22.3. The highest BCUT2D eigenvalue weighted by Gasteiger charge is 2.30. The molecule has 2 aromatic carbocycles. The van der Waals surface area contributed by atoms with E-state index in [2.05, 4.69) is 5.32 Å². The highest BCUT2D eigenvalue weighted by Crippen LogP contribution is 2.34. The first kappa shape index (κ1) is 18.0. The average molecular weight is 327 g/mol. The summed E-state index contributed by atoms with van der Waals surface area (Å²) in [4.78, 5) is 12.4. The fraction of sp³-hybridized carbons (Fsp3) is 0.350. The fourth-order valence-corrected chi connectivity index (χ4v) is 2.83. The van der Waals surface area contributed by atoms with Crippen LogP contribution >= 0.6 is 0 Å². The van der Waals surface area contributed by atoms with Gasteiger partial charge in [0, 0.05) is 24.6 Å². The third-order valence-electron chi connectivity index (χ3n) is 4.34. The van der Waals surface area contributed by atoms with E-state index in [1.54, 1.807) is 12.1 Å². The van der Waals surface area contributed by atoms with Crippen molar-refractivity contribution in [1.29, 1.82) is 0 Å². The van der Waals surface area contributed by atoms with Crippen molar-refractivity contribution in [3.63, 3.8) is 0 Å². The zero-order chi connectivity index (χ0) is 17.7. The molecule has 2 aromatic rings. The zero-order valence-corrected chi connectivity index (χ0v) is 14.4. The molecule has 0 aliphatic rings. The van der Waals surface area contributed by atoms with Crippen LogP contribution in [0.1, 0.15) is 41.3 Å². The molecular formula is C20H25NO3. The number of aliphatic hydroxyl groups excluding tert-OH is 1. The van der Waals surface area contributed by atoms with Crippen LogP contribution in [0.2, 0.25) is 0 Å². The van der Waals surface area contributed by atoms with Crippen molar-refractivity contribution in [2.45, 2.75) is 26.7 Å². The van der Waals surface area contributed by atoms with E-state index in [0.29, 0.717) is 12.1 Å². The molecule has 0 radical (unpaired) electrons. The van der Waals surface area contributed by atoms with E-state index in [1.165, 1.54) is 6.07 Å². The Morgan fingerprint density at radius 2 is 1.83 bits per heavy atom. The van der Waals surface area contributed by atoms with E-state index >= 15 is 0 Å². The highest BCUT2D eigenvalue weighted by molar-refractivity contribution is 5.94. The van der Waals surface area contributed by atoms with Crippen molar-refractivity contribution in [3.05, 3.63) is 65.2 Å². The van der Waals surface area contributed by atoms with Crippen molar-refractivity contribution < 1.29 is 15.0 Å². The number of nitrogens with one attached hydrogen (secondary N) is 1. The van der Waals surface area contributed by atoms with Gasteiger partial charge in [-0.25, -0.2) is 0 Å². The van der Waals surface area contributed by atoms with E-state index in [-0.39, 0.29) is 29.6 Å². The lowest BCUT2D eigenvalue weighted by molar-refractivity contribution is 0.0919. The summed E-state index contributed by atoms with van der Waals surface area (Å²) in [6.45, 7) is 6.22. The largest absolute Gasteiger partial charge is 0.508 e. The van der Waals surface area contributed by atoms with Gasteiger partial charge in [-0.3, -0.25) is 4.79 Å². The lowest BCUT2D eigenvalue weighted by atomic mass is 9.75. The van der Waals surface area contributed by atoms with Gasteiger partial charge in [-0.15, -0.1) is 0 Å². The Labute approximate surface area is 143 Å². The molecule has 0 bridgehead atoms. The first-order valence-corrected chi connectivity index (χ1v) is 8.08. The fourth-order valence-electron chi connectivity index (χ4n) is 2.83. The summed E-state index contributed by atoms with van der Waals surface area (Å²) in [5.41, 5.74) is 1.96. The van der Waals surface area contributed by atoms with E-state index in [9.17, 15) is 15.0 Å². The number of amides is 1. The number of aromatic hydroxyl groups is 1. The molecule has 128 valence electrons. The van der Waals surface area contributed by atoms with Gasteiger partial charge in [0.15, 0.2) is 0 Å². The number of rotatable bonds is 6. The molecular weight excluding hydrogens is 302 g/mol. The Kier molecular flexibility index (Phi) is 5.62. The first-order valence-electron chi connectivity index (χ1n) is 8.08. The molecule has 1 atom stereocenters. The van der Waals surface area contributed by atoms with E-state index in [1.807, 2.05) is 51.1 Å². The van der Waals surface area contributed by atoms with Crippen LogP contribution in [0.3, 0.4) is 0 Å². The molecule has 2 rings (SSSR count). The molecule has 0 aliphatic heterocycles. The van der Waals surface area contributed by atoms with Crippen molar-refractivity contribution in [2.24, 2.45) is 5.41 Å². The zero-order valence-electron chi connectivity index (χ0n) is 14.4. The Bertz CT molecular complexity index is 675. The molecule has 0 heterocycles. The molecule has 0 fully saturated rings.